The number of benzene rings is 1. The molecule has 0 amide bonds. The molecule has 0 fully saturated rings. The third-order valence-electron chi connectivity index (χ3n) is 7.53. The number of hydrogen-bond donors (Lipinski definition) is 1. The summed E-state index contributed by atoms with van der Waals surface area (Å²) in [5.74, 6) is -0.272. The van der Waals surface area contributed by atoms with Gasteiger partial charge in [-0.3, -0.25) is 18.7 Å². The summed E-state index contributed by atoms with van der Waals surface area (Å²) >= 11 is 0. The van der Waals surface area contributed by atoms with Crippen molar-refractivity contribution in [2.45, 2.75) is 46.1 Å². The molecule has 8 heteroatoms. The van der Waals surface area contributed by atoms with E-state index in [2.05, 4.69) is 11.4 Å². The van der Waals surface area contributed by atoms with Crippen molar-refractivity contribution in [3.05, 3.63) is 96.6 Å². The van der Waals surface area contributed by atoms with Crippen molar-refractivity contribution < 1.29 is 4.79 Å². The molecule has 0 spiro atoms. The zero-order chi connectivity index (χ0) is 25.9. The first-order valence-corrected chi connectivity index (χ1v) is 12.0. The van der Waals surface area contributed by atoms with Crippen LogP contribution in [0.3, 0.4) is 0 Å². The van der Waals surface area contributed by atoms with Crippen LogP contribution in [0.25, 0.3) is 0 Å². The molecular weight excluding hydrogens is 454 g/mol. The Labute approximate surface area is 209 Å². The van der Waals surface area contributed by atoms with E-state index in [0.717, 1.165) is 27.1 Å². The van der Waals surface area contributed by atoms with Crippen LogP contribution in [0.1, 0.15) is 60.7 Å². The molecule has 3 aromatic rings. The SMILES string of the molecule is Cc1c(C2C3=C(CC(C)(C)CC3=O)Nc3c2c(=O)n(C)c(=O)n3Cc2ccccc2)cc(C#N)n1C. The lowest BCUT2D eigenvalue weighted by atomic mass is 9.69. The molecular formula is C28H29N5O3. The van der Waals surface area contributed by atoms with Gasteiger partial charge in [-0.1, -0.05) is 44.2 Å². The molecule has 184 valence electrons. The van der Waals surface area contributed by atoms with Gasteiger partial charge in [-0.15, -0.1) is 0 Å². The van der Waals surface area contributed by atoms with Crippen molar-refractivity contribution in [2.24, 2.45) is 19.5 Å². The predicted molar refractivity (Wildman–Crippen MR) is 137 cm³/mol. The summed E-state index contributed by atoms with van der Waals surface area (Å²) in [6.45, 7) is 6.25. The molecule has 1 unspecified atom stereocenters. The highest BCUT2D eigenvalue weighted by Gasteiger charge is 2.44. The van der Waals surface area contributed by atoms with E-state index in [0.29, 0.717) is 35.5 Å². The first kappa shape index (κ1) is 23.6. The third-order valence-corrected chi connectivity index (χ3v) is 7.53. The summed E-state index contributed by atoms with van der Waals surface area (Å²) in [6.07, 6.45) is 0.968. The normalized spacial score (nSPS) is 18.3. The molecule has 1 atom stereocenters. The topological polar surface area (TPSA) is 102 Å². The Hall–Kier alpha value is -4.12. The van der Waals surface area contributed by atoms with Gasteiger partial charge in [-0.2, -0.15) is 5.26 Å². The average Bonchev–Trinajstić information content (AvgIpc) is 3.12. The van der Waals surface area contributed by atoms with Crippen molar-refractivity contribution >= 4 is 11.6 Å². The number of fused-ring (bicyclic) bond motifs is 1. The van der Waals surface area contributed by atoms with Crippen molar-refractivity contribution in [1.82, 2.24) is 13.7 Å². The minimum atomic E-state index is -0.672. The minimum absolute atomic E-state index is 0.0194. The quantitative estimate of drug-likeness (QED) is 0.616. The van der Waals surface area contributed by atoms with Crippen molar-refractivity contribution in [3.63, 3.8) is 0 Å². The Morgan fingerprint density at radius 1 is 1.08 bits per heavy atom. The fourth-order valence-corrected chi connectivity index (χ4v) is 5.60. The molecule has 0 saturated heterocycles. The third kappa shape index (κ3) is 3.54. The number of carbonyl (C=O) groups is 1. The number of hydrogen-bond acceptors (Lipinski definition) is 5. The van der Waals surface area contributed by atoms with Crippen LogP contribution in [0.5, 0.6) is 0 Å². The van der Waals surface area contributed by atoms with E-state index in [1.807, 2.05) is 51.1 Å². The summed E-state index contributed by atoms with van der Waals surface area (Å²) in [6, 6.07) is 13.6. The van der Waals surface area contributed by atoms with Gasteiger partial charge < -0.3 is 9.88 Å². The molecule has 1 aliphatic heterocycles. The summed E-state index contributed by atoms with van der Waals surface area (Å²) in [4.78, 5) is 40.7. The van der Waals surface area contributed by atoms with Gasteiger partial charge >= 0.3 is 5.69 Å². The van der Waals surface area contributed by atoms with E-state index < -0.39 is 17.2 Å². The average molecular weight is 484 g/mol. The van der Waals surface area contributed by atoms with E-state index in [9.17, 15) is 19.6 Å². The van der Waals surface area contributed by atoms with Gasteiger partial charge in [0.2, 0.25) is 0 Å². The summed E-state index contributed by atoms with van der Waals surface area (Å²) < 4.78 is 4.47. The molecule has 0 saturated carbocycles. The first-order chi connectivity index (χ1) is 17.0. The molecule has 5 rings (SSSR count). The molecule has 1 N–H and O–H groups in total. The number of carbonyl (C=O) groups excluding carboxylic acids is 1. The largest absolute Gasteiger partial charge is 0.344 e. The fourth-order valence-electron chi connectivity index (χ4n) is 5.60. The van der Waals surface area contributed by atoms with E-state index in [4.69, 9.17) is 0 Å². The Balaban J connectivity index is 1.85. The molecule has 0 bridgehead atoms. The summed E-state index contributed by atoms with van der Waals surface area (Å²) in [5, 5.41) is 13.0. The monoisotopic (exact) mass is 483 g/mol. The number of aromatic nitrogens is 3. The number of ketones is 1. The van der Waals surface area contributed by atoms with Gasteiger partial charge in [0.1, 0.15) is 17.6 Å². The second-order valence-corrected chi connectivity index (χ2v) is 10.6. The first-order valence-electron chi connectivity index (χ1n) is 12.0. The van der Waals surface area contributed by atoms with Gasteiger partial charge in [-0.05, 0) is 36.0 Å². The van der Waals surface area contributed by atoms with Crippen LogP contribution in [0.15, 0.2) is 57.3 Å². The van der Waals surface area contributed by atoms with E-state index in [1.165, 1.54) is 7.05 Å². The lowest BCUT2D eigenvalue weighted by Crippen LogP contribution is -2.45. The number of anilines is 1. The zero-order valence-electron chi connectivity index (χ0n) is 21.2. The van der Waals surface area contributed by atoms with Crippen LogP contribution < -0.4 is 16.6 Å². The maximum Gasteiger partial charge on any atom is 0.332 e. The maximum absolute atomic E-state index is 13.7. The Morgan fingerprint density at radius 2 is 1.78 bits per heavy atom. The molecule has 8 nitrogen and oxygen atoms in total. The molecule has 1 aromatic carbocycles. The van der Waals surface area contributed by atoms with Gasteiger partial charge in [-0.25, -0.2) is 4.79 Å². The molecule has 3 heterocycles. The Bertz CT molecular complexity index is 1610. The lowest BCUT2D eigenvalue weighted by Gasteiger charge is -2.39. The number of rotatable bonds is 3. The van der Waals surface area contributed by atoms with Crippen LogP contribution >= 0.6 is 0 Å². The smallest absolute Gasteiger partial charge is 0.332 e. The van der Waals surface area contributed by atoms with Crippen LogP contribution in [0, 0.1) is 23.7 Å². The van der Waals surface area contributed by atoms with E-state index in [-0.39, 0.29) is 17.7 Å². The lowest BCUT2D eigenvalue weighted by molar-refractivity contribution is -0.118. The van der Waals surface area contributed by atoms with Crippen molar-refractivity contribution in [1.29, 1.82) is 5.26 Å². The summed E-state index contributed by atoms with van der Waals surface area (Å²) in [5.41, 5.74) is 3.42. The number of nitriles is 1. The van der Waals surface area contributed by atoms with E-state index in [1.54, 1.807) is 22.2 Å². The van der Waals surface area contributed by atoms with Gasteiger partial charge in [0.05, 0.1) is 18.0 Å². The number of allylic oxidation sites excluding steroid dienone is 2. The fraction of sp³-hybridized carbons (Fsp3) is 0.357. The van der Waals surface area contributed by atoms with Crippen LogP contribution in [-0.4, -0.2) is 19.5 Å². The summed E-state index contributed by atoms with van der Waals surface area (Å²) in [7, 11) is 3.27. The van der Waals surface area contributed by atoms with Crippen molar-refractivity contribution in [3.8, 4) is 6.07 Å². The van der Waals surface area contributed by atoms with Gasteiger partial charge in [0, 0.05) is 37.5 Å². The highest BCUT2D eigenvalue weighted by Crippen LogP contribution is 2.48. The molecule has 1 aliphatic carbocycles. The van der Waals surface area contributed by atoms with E-state index >= 15 is 0 Å². The van der Waals surface area contributed by atoms with Crippen LogP contribution in [0.4, 0.5) is 5.82 Å². The van der Waals surface area contributed by atoms with Gasteiger partial charge in [0.25, 0.3) is 5.56 Å². The van der Waals surface area contributed by atoms with Crippen molar-refractivity contribution in [2.75, 3.05) is 5.32 Å². The van der Waals surface area contributed by atoms with Crippen LogP contribution in [-0.2, 0) is 25.4 Å². The molecule has 2 aromatic heterocycles. The predicted octanol–water partition coefficient (Wildman–Crippen LogP) is 3.31. The molecule has 0 radical (unpaired) electrons. The van der Waals surface area contributed by atoms with Gasteiger partial charge in [0.15, 0.2) is 5.78 Å². The minimum Gasteiger partial charge on any atom is -0.344 e. The van der Waals surface area contributed by atoms with Crippen LogP contribution in [0.2, 0.25) is 0 Å². The second kappa shape index (κ2) is 8.23. The number of nitrogens with zero attached hydrogens (tertiary/aromatic N) is 4. The number of nitrogens with one attached hydrogen (secondary N) is 1. The second-order valence-electron chi connectivity index (χ2n) is 10.6. The molecule has 2 aliphatic rings. The Morgan fingerprint density at radius 3 is 2.42 bits per heavy atom. The Kier molecular flexibility index (Phi) is 5.40. The molecule has 36 heavy (non-hydrogen) atoms. The highest BCUT2D eigenvalue weighted by molar-refractivity contribution is 6.01. The number of Topliss-reactive ketones (excluding diaryl/α,β-unsaturated/α-hetero) is 1. The highest BCUT2D eigenvalue weighted by atomic mass is 16.2. The zero-order valence-corrected chi connectivity index (χ0v) is 21.2. The standard InChI is InChI=1S/C28H29N5O3/c1-16-19(11-18(14-29)31(16)4)22-23-20(12-28(2,3)13-21(23)34)30-25-24(22)26(35)32(5)27(36)33(25)15-17-9-7-6-8-10-17/h6-11,22,30H,12-13,15H2,1-5H3. The maximum atomic E-state index is 13.7.